The molecule has 1 atom stereocenters. The van der Waals surface area contributed by atoms with Gasteiger partial charge in [-0.15, -0.1) is 0 Å². The van der Waals surface area contributed by atoms with Gasteiger partial charge in [0, 0.05) is 33.1 Å². The van der Waals surface area contributed by atoms with Crippen molar-refractivity contribution in [2.45, 2.75) is 70.6 Å². The third-order valence-corrected chi connectivity index (χ3v) is 6.92. The van der Waals surface area contributed by atoms with E-state index in [2.05, 4.69) is 10.2 Å². The zero-order valence-electron chi connectivity index (χ0n) is 22.5. The van der Waals surface area contributed by atoms with Gasteiger partial charge in [0.15, 0.2) is 0 Å². The molecule has 11 heteroatoms. The summed E-state index contributed by atoms with van der Waals surface area (Å²) in [6.07, 6.45) is 2.33. The Balaban J connectivity index is 1.25. The van der Waals surface area contributed by atoms with E-state index in [4.69, 9.17) is 9.47 Å². The number of nitrogens with one attached hydrogen (secondary N) is 1. The van der Waals surface area contributed by atoms with E-state index in [9.17, 15) is 24.0 Å². The van der Waals surface area contributed by atoms with Crippen LogP contribution in [0.15, 0.2) is 18.2 Å². The van der Waals surface area contributed by atoms with Crippen LogP contribution in [0.5, 0.6) is 5.75 Å². The lowest BCUT2D eigenvalue weighted by Gasteiger charge is -2.32. The van der Waals surface area contributed by atoms with E-state index in [0.29, 0.717) is 12.3 Å². The van der Waals surface area contributed by atoms with Crippen LogP contribution in [0.4, 0.5) is 4.79 Å². The van der Waals surface area contributed by atoms with Crippen LogP contribution in [-0.2, 0) is 14.3 Å². The summed E-state index contributed by atoms with van der Waals surface area (Å²) < 4.78 is 11.5. The molecular formula is C27H36N4O7. The summed E-state index contributed by atoms with van der Waals surface area (Å²) >= 11 is 0. The summed E-state index contributed by atoms with van der Waals surface area (Å²) in [5.41, 5.74) is -0.0658. The number of benzene rings is 1. The van der Waals surface area contributed by atoms with Gasteiger partial charge in [-0.25, -0.2) is 4.79 Å². The first-order valence-electron chi connectivity index (χ1n) is 13.1. The molecule has 1 N–H and O–H groups in total. The smallest absolute Gasteiger partial charge is 0.410 e. The first-order valence-corrected chi connectivity index (χ1v) is 13.1. The number of carbonyl (C=O) groups is 5. The number of hydrogen-bond donors (Lipinski definition) is 1. The Labute approximate surface area is 222 Å². The minimum atomic E-state index is -0.988. The van der Waals surface area contributed by atoms with Crippen molar-refractivity contribution in [2.75, 3.05) is 33.2 Å². The van der Waals surface area contributed by atoms with Gasteiger partial charge in [0.2, 0.25) is 11.8 Å². The van der Waals surface area contributed by atoms with Gasteiger partial charge >= 0.3 is 6.09 Å². The second-order valence-corrected chi connectivity index (χ2v) is 11.1. The Morgan fingerprint density at radius 3 is 2.39 bits per heavy atom. The van der Waals surface area contributed by atoms with Gasteiger partial charge in [0.05, 0.1) is 11.1 Å². The molecule has 11 nitrogen and oxygen atoms in total. The Kier molecular flexibility index (Phi) is 8.05. The number of fused-ring (bicyclic) bond motifs is 1. The average Bonchev–Trinajstić information content (AvgIpc) is 3.08. The van der Waals surface area contributed by atoms with Gasteiger partial charge in [0.25, 0.3) is 11.8 Å². The van der Waals surface area contributed by atoms with Crippen molar-refractivity contribution in [3.63, 3.8) is 0 Å². The molecule has 0 aromatic heterocycles. The van der Waals surface area contributed by atoms with Crippen LogP contribution in [0, 0.1) is 0 Å². The highest BCUT2D eigenvalue weighted by molar-refractivity contribution is 6.23. The van der Waals surface area contributed by atoms with Gasteiger partial charge in [-0.3, -0.25) is 29.4 Å². The van der Waals surface area contributed by atoms with E-state index >= 15 is 0 Å². The van der Waals surface area contributed by atoms with Crippen molar-refractivity contribution >= 4 is 29.7 Å². The monoisotopic (exact) mass is 528 g/mol. The van der Waals surface area contributed by atoms with Crippen molar-refractivity contribution in [1.82, 2.24) is 20.0 Å². The number of amides is 5. The van der Waals surface area contributed by atoms with Crippen LogP contribution in [0.3, 0.4) is 0 Å². The number of nitrogens with zero attached hydrogens (tertiary/aromatic N) is 3. The predicted molar refractivity (Wildman–Crippen MR) is 137 cm³/mol. The molecule has 4 rings (SSSR count). The number of rotatable bonds is 7. The molecule has 206 valence electrons. The maximum atomic E-state index is 13.0. The third-order valence-electron chi connectivity index (χ3n) is 6.92. The van der Waals surface area contributed by atoms with Gasteiger partial charge in [-0.2, -0.15) is 0 Å². The number of ether oxygens (including phenoxy) is 2. The van der Waals surface area contributed by atoms with Crippen molar-refractivity contribution in [1.29, 1.82) is 0 Å². The maximum Gasteiger partial charge on any atom is 0.410 e. The Hall–Kier alpha value is -3.47. The first kappa shape index (κ1) is 27.6. The molecule has 3 heterocycles. The highest BCUT2D eigenvalue weighted by atomic mass is 16.6. The summed E-state index contributed by atoms with van der Waals surface area (Å²) in [7, 11) is 1.74. The largest absolute Gasteiger partial charge is 0.490 e. The summed E-state index contributed by atoms with van der Waals surface area (Å²) in [6, 6.07) is 3.82. The molecular weight excluding hydrogens is 492 g/mol. The molecule has 5 amide bonds. The minimum Gasteiger partial charge on any atom is -0.490 e. The lowest BCUT2D eigenvalue weighted by molar-refractivity contribution is -0.136. The Morgan fingerprint density at radius 2 is 1.74 bits per heavy atom. The lowest BCUT2D eigenvalue weighted by Crippen LogP contribution is -2.54. The summed E-state index contributed by atoms with van der Waals surface area (Å²) in [4.78, 5) is 66.6. The highest BCUT2D eigenvalue weighted by Gasteiger charge is 2.44. The topological polar surface area (TPSA) is 126 Å². The molecule has 0 saturated carbocycles. The van der Waals surface area contributed by atoms with Gasteiger partial charge in [0.1, 0.15) is 23.5 Å². The fraction of sp³-hybridized carbons (Fsp3) is 0.593. The molecule has 3 aliphatic heterocycles. The predicted octanol–water partition coefficient (Wildman–Crippen LogP) is 2.19. The molecule has 0 bridgehead atoms. The van der Waals surface area contributed by atoms with E-state index < -0.39 is 35.3 Å². The van der Waals surface area contributed by atoms with Crippen LogP contribution in [0.25, 0.3) is 0 Å². The highest BCUT2D eigenvalue weighted by Crippen LogP contribution is 2.31. The normalized spacial score (nSPS) is 20.8. The van der Waals surface area contributed by atoms with E-state index in [0.717, 1.165) is 43.8 Å². The molecule has 0 spiro atoms. The molecule has 2 saturated heterocycles. The number of hydrogen-bond acceptors (Lipinski definition) is 8. The second-order valence-electron chi connectivity index (χ2n) is 11.1. The molecule has 1 aromatic carbocycles. The number of imide groups is 2. The number of likely N-dealkylation sites (tertiary alicyclic amines) is 1. The standard InChI is InChI=1S/C27H36N4O7/c1-27(2,3)38-26(36)29(4)12-5-13-30-14-10-17(11-15-30)37-18-6-7-19-20(16-18)25(35)31(24(19)34)21-8-9-22(32)28-23(21)33/h6-7,16-17,21H,5,8-15H2,1-4H3,(H,28,32,33). The quantitative estimate of drug-likeness (QED) is 0.534. The van der Waals surface area contributed by atoms with Gasteiger partial charge in [-0.1, -0.05) is 0 Å². The minimum absolute atomic E-state index is 0.0211. The van der Waals surface area contributed by atoms with E-state index in [-0.39, 0.29) is 36.2 Å². The summed E-state index contributed by atoms with van der Waals surface area (Å²) in [5.74, 6) is -1.60. The molecule has 38 heavy (non-hydrogen) atoms. The fourth-order valence-electron chi connectivity index (χ4n) is 4.93. The van der Waals surface area contributed by atoms with Crippen molar-refractivity contribution in [3.05, 3.63) is 29.3 Å². The van der Waals surface area contributed by atoms with Crippen LogP contribution >= 0.6 is 0 Å². The van der Waals surface area contributed by atoms with Crippen molar-refractivity contribution in [2.24, 2.45) is 0 Å². The zero-order chi connectivity index (χ0) is 27.6. The van der Waals surface area contributed by atoms with Gasteiger partial charge < -0.3 is 19.3 Å². The third kappa shape index (κ3) is 6.32. The van der Waals surface area contributed by atoms with Crippen LogP contribution < -0.4 is 10.1 Å². The Morgan fingerprint density at radius 1 is 1.05 bits per heavy atom. The molecule has 0 radical (unpaired) electrons. The number of carbonyl (C=O) groups excluding carboxylic acids is 5. The van der Waals surface area contributed by atoms with E-state index in [1.54, 1.807) is 30.1 Å². The molecule has 2 fully saturated rings. The molecule has 3 aliphatic rings. The lowest BCUT2D eigenvalue weighted by atomic mass is 10.0. The average molecular weight is 529 g/mol. The Bertz CT molecular complexity index is 1120. The second kappa shape index (κ2) is 11.1. The fourth-order valence-corrected chi connectivity index (χ4v) is 4.93. The summed E-state index contributed by atoms with van der Waals surface area (Å²) in [5, 5.41) is 2.20. The number of piperidine rings is 2. The summed E-state index contributed by atoms with van der Waals surface area (Å²) in [6.45, 7) is 8.73. The van der Waals surface area contributed by atoms with E-state index in [1.807, 2.05) is 20.8 Å². The van der Waals surface area contributed by atoms with Gasteiger partial charge in [-0.05, 0) is 71.2 Å². The van der Waals surface area contributed by atoms with Crippen LogP contribution in [0.1, 0.15) is 73.6 Å². The molecule has 1 aromatic rings. The maximum absolute atomic E-state index is 13.0. The van der Waals surface area contributed by atoms with Crippen molar-refractivity contribution in [3.8, 4) is 5.75 Å². The van der Waals surface area contributed by atoms with Crippen molar-refractivity contribution < 1.29 is 33.4 Å². The SMILES string of the molecule is CN(CCCN1CCC(Oc2ccc3c(c2)C(=O)N(C2CCC(=O)NC2=O)C3=O)CC1)C(=O)OC(C)(C)C. The molecule has 1 unspecified atom stereocenters. The first-order chi connectivity index (χ1) is 17.9. The molecule has 0 aliphatic carbocycles. The zero-order valence-corrected chi connectivity index (χ0v) is 22.5. The van der Waals surface area contributed by atoms with Crippen LogP contribution in [0.2, 0.25) is 0 Å². The van der Waals surface area contributed by atoms with Crippen LogP contribution in [-0.4, -0.2) is 95.4 Å². The van der Waals surface area contributed by atoms with E-state index in [1.165, 1.54) is 0 Å².